The molecule has 3 rings (SSSR count). The van der Waals surface area contributed by atoms with Crippen LogP contribution in [0.5, 0.6) is 0 Å². The van der Waals surface area contributed by atoms with Gasteiger partial charge in [0.05, 0.1) is 28.6 Å². The molecule has 126 valence electrons. The highest BCUT2D eigenvalue weighted by molar-refractivity contribution is 7.90. The summed E-state index contributed by atoms with van der Waals surface area (Å²) in [6, 6.07) is 14.2. The number of aryl methyl sites for hydroxylation is 1. The third-order valence-corrected chi connectivity index (χ3v) is 5.23. The quantitative estimate of drug-likeness (QED) is 0.772. The first-order valence-electron chi connectivity index (χ1n) is 7.82. The summed E-state index contributed by atoms with van der Waals surface area (Å²) in [5.74, 6) is 0.919. The highest BCUT2D eigenvalue weighted by Crippen LogP contribution is 2.22. The molecule has 0 aliphatic carbocycles. The largest absolute Gasteiger partial charge is 0.387 e. The average Bonchev–Trinajstić information content (AvgIpc) is 2.92. The van der Waals surface area contributed by atoms with Gasteiger partial charge in [-0.05, 0) is 29.8 Å². The van der Waals surface area contributed by atoms with Crippen molar-refractivity contribution in [1.29, 1.82) is 0 Å². The van der Waals surface area contributed by atoms with Crippen molar-refractivity contribution in [1.82, 2.24) is 9.55 Å². The van der Waals surface area contributed by atoms with Crippen LogP contribution in [0, 0.1) is 0 Å². The van der Waals surface area contributed by atoms with E-state index in [2.05, 4.69) is 4.98 Å². The maximum absolute atomic E-state index is 11.5. The number of aromatic nitrogens is 2. The van der Waals surface area contributed by atoms with Crippen LogP contribution in [0.1, 0.15) is 24.4 Å². The lowest BCUT2D eigenvalue weighted by Gasteiger charge is -2.15. The third-order valence-electron chi connectivity index (χ3n) is 4.10. The van der Waals surface area contributed by atoms with Crippen LogP contribution in [0.3, 0.4) is 0 Å². The molecule has 1 N–H and O–H groups in total. The molecule has 0 saturated carbocycles. The number of rotatable bonds is 5. The van der Waals surface area contributed by atoms with E-state index in [1.54, 1.807) is 12.1 Å². The first kappa shape index (κ1) is 16.7. The number of aliphatic hydroxyl groups is 1. The van der Waals surface area contributed by atoms with Gasteiger partial charge in [0.25, 0.3) is 0 Å². The standard InChI is InChI=1S/C18H20N2O3S/c1-3-18-19-15-6-4-5-7-16(15)20(18)12-17(21)13-8-10-14(11-9-13)24(2,22)23/h4-11,17,21H,3,12H2,1-2H3. The Bertz CT molecular complexity index is 960. The topological polar surface area (TPSA) is 72.2 Å². The second-order valence-electron chi connectivity index (χ2n) is 5.84. The average molecular weight is 344 g/mol. The second kappa shape index (κ2) is 6.37. The third kappa shape index (κ3) is 3.20. The number of para-hydroxylation sites is 2. The Balaban J connectivity index is 1.91. The van der Waals surface area contributed by atoms with Gasteiger partial charge < -0.3 is 9.67 Å². The van der Waals surface area contributed by atoms with E-state index in [-0.39, 0.29) is 4.90 Å². The molecule has 2 aromatic carbocycles. The molecular formula is C18H20N2O3S. The van der Waals surface area contributed by atoms with Crippen LogP contribution in [-0.4, -0.2) is 29.3 Å². The highest BCUT2D eigenvalue weighted by atomic mass is 32.2. The fraction of sp³-hybridized carbons (Fsp3) is 0.278. The van der Waals surface area contributed by atoms with E-state index in [4.69, 9.17) is 0 Å². The lowest BCUT2D eigenvalue weighted by Crippen LogP contribution is -2.11. The van der Waals surface area contributed by atoms with E-state index in [1.165, 1.54) is 18.4 Å². The predicted molar refractivity (Wildman–Crippen MR) is 93.6 cm³/mol. The number of sulfone groups is 1. The number of fused-ring (bicyclic) bond motifs is 1. The van der Waals surface area contributed by atoms with Gasteiger partial charge in [-0.1, -0.05) is 31.2 Å². The number of nitrogens with zero attached hydrogens (tertiary/aromatic N) is 2. The maximum atomic E-state index is 11.5. The SMILES string of the molecule is CCc1nc2ccccc2n1CC(O)c1ccc(S(C)(=O)=O)cc1. The van der Waals surface area contributed by atoms with Crippen molar-refractivity contribution in [2.24, 2.45) is 0 Å². The number of hydrogen-bond donors (Lipinski definition) is 1. The Morgan fingerprint density at radius 1 is 1.12 bits per heavy atom. The van der Waals surface area contributed by atoms with Gasteiger partial charge in [-0.15, -0.1) is 0 Å². The monoisotopic (exact) mass is 344 g/mol. The molecule has 24 heavy (non-hydrogen) atoms. The molecule has 0 fully saturated rings. The van der Waals surface area contributed by atoms with Crippen molar-refractivity contribution in [3.05, 3.63) is 59.9 Å². The van der Waals surface area contributed by atoms with Crippen LogP contribution in [0.4, 0.5) is 0 Å². The summed E-state index contributed by atoms with van der Waals surface area (Å²) >= 11 is 0. The van der Waals surface area contributed by atoms with E-state index in [0.29, 0.717) is 12.1 Å². The molecule has 6 heteroatoms. The van der Waals surface area contributed by atoms with Gasteiger partial charge >= 0.3 is 0 Å². The van der Waals surface area contributed by atoms with Crippen molar-refractivity contribution in [2.45, 2.75) is 30.9 Å². The summed E-state index contributed by atoms with van der Waals surface area (Å²) in [6.07, 6.45) is 1.21. The highest BCUT2D eigenvalue weighted by Gasteiger charge is 2.15. The van der Waals surface area contributed by atoms with E-state index < -0.39 is 15.9 Å². The van der Waals surface area contributed by atoms with Crippen LogP contribution < -0.4 is 0 Å². The first-order chi connectivity index (χ1) is 11.4. The minimum absolute atomic E-state index is 0.251. The van der Waals surface area contributed by atoms with Crippen molar-refractivity contribution in [2.75, 3.05) is 6.26 Å². The Hall–Kier alpha value is -2.18. The summed E-state index contributed by atoms with van der Waals surface area (Å²) in [4.78, 5) is 4.85. The Kier molecular flexibility index (Phi) is 4.43. The molecule has 0 bridgehead atoms. The molecular weight excluding hydrogens is 324 g/mol. The number of hydrogen-bond acceptors (Lipinski definition) is 4. The molecule has 1 unspecified atom stereocenters. The van der Waals surface area contributed by atoms with Crippen LogP contribution >= 0.6 is 0 Å². The van der Waals surface area contributed by atoms with Crippen LogP contribution in [0.2, 0.25) is 0 Å². The van der Waals surface area contributed by atoms with Gasteiger partial charge in [0.15, 0.2) is 9.84 Å². The van der Waals surface area contributed by atoms with Gasteiger partial charge in [0.2, 0.25) is 0 Å². The minimum Gasteiger partial charge on any atom is -0.387 e. The summed E-state index contributed by atoms with van der Waals surface area (Å²) < 4.78 is 25.1. The molecule has 0 radical (unpaired) electrons. The van der Waals surface area contributed by atoms with Crippen molar-refractivity contribution in [3.63, 3.8) is 0 Å². The second-order valence-corrected chi connectivity index (χ2v) is 7.85. The van der Waals surface area contributed by atoms with Crippen LogP contribution in [0.15, 0.2) is 53.4 Å². The smallest absolute Gasteiger partial charge is 0.175 e. The Morgan fingerprint density at radius 3 is 2.42 bits per heavy atom. The maximum Gasteiger partial charge on any atom is 0.175 e. The molecule has 5 nitrogen and oxygen atoms in total. The zero-order valence-corrected chi connectivity index (χ0v) is 14.5. The Morgan fingerprint density at radius 2 is 1.79 bits per heavy atom. The van der Waals surface area contributed by atoms with Gasteiger partial charge in [-0.25, -0.2) is 13.4 Å². The normalized spacial score (nSPS) is 13.3. The summed E-state index contributed by atoms with van der Waals surface area (Å²) in [6.45, 7) is 2.41. The molecule has 1 heterocycles. The summed E-state index contributed by atoms with van der Waals surface area (Å²) in [5, 5.41) is 10.6. The van der Waals surface area contributed by atoms with E-state index in [9.17, 15) is 13.5 Å². The fourth-order valence-electron chi connectivity index (χ4n) is 2.81. The number of aliphatic hydroxyl groups excluding tert-OH is 1. The molecule has 1 aromatic heterocycles. The van der Waals surface area contributed by atoms with Gasteiger partial charge in [-0.3, -0.25) is 0 Å². The lowest BCUT2D eigenvalue weighted by atomic mass is 10.1. The number of benzene rings is 2. The van der Waals surface area contributed by atoms with E-state index >= 15 is 0 Å². The van der Waals surface area contributed by atoms with Gasteiger partial charge in [0, 0.05) is 12.7 Å². The predicted octanol–water partition coefficient (Wildman–Crippen LogP) is 2.74. The van der Waals surface area contributed by atoms with Crippen LogP contribution in [-0.2, 0) is 22.8 Å². The molecule has 0 aliphatic rings. The van der Waals surface area contributed by atoms with Gasteiger partial charge in [-0.2, -0.15) is 0 Å². The van der Waals surface area contributed by atoms with E-state index in [0.717, 1.165) is 23.3 Å². The van der Waals surface area contributed by atoms with Crippen LogP contribution in [0.25, 0.3) is 11.0 Å². The lowest BCUT2D eigenvalue weighted by molar-refractivity contribution is 0.156. The molecule has 1 atom stereocenters. The fourth-order valence-corrected chi connectivity index (χ4v) is 3.45. The molecule has 0 saturated heterocycles. The zero-order chi connectivity index (χ0) is 17.3. The van der Waals surface area contributed by atoms with Crippen molar-refractivity contribution in [3.8, 4) is 0 Å². The first-order valence-corrected chi connectivity index (χ1v) is 9.71. The van der Waals surface area contributed by atoms with Crippen molar-refractivity contribution < 1.29 is 13.5 Å². The van der Waals surface area contributed by atoms with Crippen molar-refractivity contribution >= 4 is 20.9 Å². The summed E-state index contributed by atoms with van der Waals surface area (Å²) in [7, 11) is -3.23. The molecule has 0 aliphatic heterocycles. The molecule has 0 spiro atoms. The number of imidazole rings is 1. The zero-order valence-electron chi connectivity index (χ0n) is 13.7. The van der Waals surface area contributed by atoms with Gasteiger partial charge in [0.1, 0.15) is 5.82 Å². The molecule has 0 amide bonds. The molecule has 3 aromatic rings. The minimum atomic E-state index is -3.23. The van der Waals surface area contributed by atoms with E-state index in [1.807, 2.05) is 35.8 Å². The Labute approximate surface area is 141 Å². The summed E-state index contributed by atoms with van der Waals surface area (Å²) in [5.41, 5.74) is 2.58.